The molecule has 2 amide bonds. The molecular formula is C21H23BrN2O5. The maximum absolute atomic E-state index is 12.8. The second-order valence-corrected chi connectivity index (χ2v) is 8.32. The van der Waals surface area contributed by atoms with Gasteiger partial charge in [0, 0.05) is 16.6 Å². The number of ether oxygens (including phenoxy) is 1. The summed E-state index contributed by atoms with van der Waals surface area (Å²) in [6.45, 7) is 5.21. The van der Waals surface area contributed by atoms with Crippen molar-refractivity contribution in [1.82, 2.24) is 5.32 Å². The second kappa shape index (κ2) is 9.56. The zero-order valence-electron chi connectivity index (χ0n) is 16.4. The largest absolute Gasteiger partial charge is 0.478 e. The van der Waals surface area contributed by atoms with E-state index in [0.29, 0.717) is 5.69 Å². The highest BCUT2D eigenvalue weighted by Gasteiger charge is 2.25. The number of alkyl carbamates (subject to hydrolysis) is 1. The minimum absolute atomic E-state index is 0.112. The van der Waals surface area contributed by atoms with E-state index in [2.05, 4.69) is 26.6 Å². The fourth-order valence-electron chi connectivity index (χ4n) is 2.48. The van der Waals surface area contributed by atoms with Gasteiger partial charge in [0.15, 0.2) is 0 Å². The molecule has 0 saturated carbocycles. The van der Waals surface area contributed by atoms with Crippen molar-refractivity contribution in [3.05, 3.63) is 64.1 Å². The number of hydrogen-bond donors (Lipinski definition) is 3. The summed E-state index contributed by atoms with van der Waals surface area (Å²) in [7, 11) is 0. The Kier molecular flexibility index (Phi) is 7.39. The van der Waals surface area contributed by atoms with E-state index in [1.54, 1.807) is 20.8 Å². The van der Waals surface area contributed by atoms with Crippen LogP contribution in [0.5, 0.6) is 0 Å². The molecule has 7 nitrogen and oxygen atoms in total. The van der Waals surface area contributed by atoms with Gasteiger partial charge in [-0.15, -0.1) is 0 Å². The zero-order valence-corrected chi connectivity index (χ0v) is 17.9. The highest BCUT2D eigenvalue weighted by molar-refractivity contribution is 9.10. The van der Waals surface area contributed by atoms with Crippen LogP contribution in [0, 0.1) is 0 Å². The molecule has 0 heterocycles. The van der Waals surface area contributed by atoms with Crippen molar-refractivity contribution in [3.8, 4) is 0 Å². The molecule has 0 fully saturated rings. The first-order valence-corrected chi connectivity index (χ1v) is 9.71. The number of amides is 2. The third kappa shape index (κ3) is 7.57. The van der Waals surface area contributed by atoms with Crippen LogP contribution in [0.2, 0.25) is 0 Å². The molecule has 0 unspecified atom stereocenters. The Hall–Kier alpha value is -2.87. The fourth-order valence-corrected chi connectivity index (χ4v) is 2.93. The molecule has 0 bridgehead atoms. The van der Waals surface area contributed by atoms with E-state index >= 15 is 0 Å². The Labute approximate surface area is 177 Å². The van der Waals surface area contributed by atoms with Gasteiger partial charge < -0.3 is 20.5 Å². The molecule has 29 heavy (non-hydrogen) atoms. The van der Waals surface area contributed by atoms with E-state index in [1.807, 2.05) is 24.3 Å². The van der Waals surface area contributed by atoms with Gasteiger partial charge in [-0.1, -0.05) is 28.1 Å². The molecule has 3 N–H and O–H groups in total. The van der Waals surface area contributed by atoms with Crippen molar-refractivity contribution in [1.29, 1.82) is 0 Å². The zero-order chi connectivity index (χ0) is 21.6. The molecule has 0 aliphatic carbocycles. The van der Waals surface area contributed by atoms with Crippen LogP contribution in [0.15, 0.2) is 53.0 Å². The number of anilines is 1. The van der Waals surface area contributed by atoms with Crippen LogP contribution in [0.25, 0.3) is 0 Å². The Balaban J connectivity index is 2.16. The third-order valence-electron chi connectivity index (χ3n) is 3.74. The maximum Gasteiger partial charge on any atom is 0.408 e. The van der Waals surface area contributed by atoms with E-state index in [1.165, 1.54) is 24.3 Å². The van der Waals surface area contributed by atoms with Crippen LogP contribution in [0.4, 0.5) is 10.5 Å². The smallest absolute Gasteiger partial charge is 0.408 e. The Morgan fingerprint density at radius 3 is 2.31 bits per heavy atom. The predicted octanol–water partition coefficient (Wildman–Crippen LogP) is 4.22. The van der Waals surface area contributed by atoms with Crippen LogP contribution in [0.3, 0.4) is 0 Å². The topological polar surface area (TPSA) is 105 Å². The molecule has 2 aromatic carbocycles. The molecule has 0 aliphatic heterocycles. The number of rotatable bonds is 6. The molecule has 154 valence electrons. The molecule has 0 aliphatic rings. The lowest BCUT2D eigenvalue weighted by atomic mass is 10.1. The molecular weight excluding hydrogens is 440 g/mol. The summed E-state index contributed by atoms with van der Waals surface area (Å²) in [4.78, 5) is 36.0. The van der Waals surface area contributed by atoms with Crippen LogP contribution >= 0.6 is 15.9 Å². The number of hydrogen-bond acceptors (Lipinski definition) is 4. The average molecular weight is 463 g/mol. The molecule has 2 aromatic rings. The number of benzene rings is 2. The van der Waals surface area contributed by atoms with E-state index in [4.69, 9.17) is 9.84 Å². The van der Waals surface area contributed by atoms with Crippen molar-refractivity contribution < 1.29 is 24.2 Å². The lowest BCUT2D eigenvalue weighted by Gasteiger charge is -2.23. The van der Waals surface area contributed by atoms with Crippen molar-refractivity contribution in [2.24, 2.45) is 0 Å². The summed E-state index contributed by atoms with van der Waals surface area (Å²) in [5, 5.41) is 14.3. The van der Waals surface area contributed by atoms with Gasteiger partial charge in [0.2, 0.25) is 5.91 Å². The second-order valence-electron chi connectivity index (χ2n) is 7.40. The molecule has 0 spiro atoms. The van der Waals surface area contributed by atoms with Crippen LogP contribution in [-0.2, 0) is 16.0 Å². The van der Waals surface area contributed by atoms with E-state index in [9.17, 15) is 14.4 Å². The number of aromatic carboxylic acids is 1. The van der Waals surface area contributed by atoms with Gasteiger partial charge in [-0.05, 0) is 62.7 Å². The van der Waals surface area contributed by atoms with Gasteiger partial charge in [0.25, 0.3) is 0 Å². The van der Waals surface area contributed by atoms with Crippen LogP contribution in [0.1, 0.15) is 36.7 Å². The quantitative estimate of drug-likeness (QED) is 0.595. The summed E-state index contributed by atoms with van der Waals surface area (Å²) in [5.41, 5.74) is 0.677. The van der Waals surface area contributed by atoms with Crippen molar-refractivity contribution in [2.45, 2.75) is 38.8 Å². The van der Waals surface area contributed by atoms with E-state index in [-0.39, 0.29) is 12.0 Å². The Morgan fingerprint density at radius 1 is 1.10 bits per heavy atom. The summed E-state index contributed by atoms with van der Waals surface area (Å²) >= 11 is 3.39. The molecule has 1 atom stereocenters. The van der Waals surface area contributed by atoms with Crippen molar-refractivity contribution in [3.63, 3.8) is 0 Å². The monoisotopic (exact) mass is 462 g/mol. The average Bonchev–Trinajstić information content (AvgIpc) is 2.60. The minimum atomic E-state index is -1.05. The van der Waals surface area contributed by atoms with Crippen LogP contribution in [-0.4, -0.2) is 34.7 Å². The SMILES string of the molecule is CC(C)(C)OC(=O)N[C@@H](Cc1cccc(Br)c1)C(=O)Nc1ccc(C(=O)O)cc1. The standard InChI is InChI=1S/C21H23BrN2O5/c1-21(2,3)29-20(28)24-17(12-13-5-4-6-15(22)11-13)18(25)23-16-9-7-14(8-10-16)19(26)27/h4-11,17H,12H2,1-3H3,(H,23,25)(H,24,28)(H,26,27)/t17-/m0/s1. The molecule has 0 radical (unpaired) electrons. The molecule has 8 heteroatoms. The van der Waals surface area contributed by atoms with Gasteiger partial charge >= 0.3 is 12.1 Å². The lowest BCUT2D eigenvalue weighted by molar-refractivity contribution is -0.118. The summed E-state index contributed by atoms with van der Waals surface area (Å²) in [6.07, 6.45) is -0.452. The van der Waals surface area contributed by atoms with Crippen molar-refractivity contribution in [2.75, 3.05) is 5.32 Å². The lowest BCUT2D eigenvalue weighted by Crippen LogP contribution is -2.47. The third-order valence-corrected chi connectivity index (χ3v) is 4.23. The molecule has 0 saturated heterocycles. The van der Waals surface area contributed by atoms with Gasteiger partial charge in [-0.3, -0.25) is 4.79 Å². The van der Waals surface area contributed by atoms with Gasteiger partial charge in [0.1, 0.15) is 11.6 Å². The van der Waals surface area contributed by atoms with Crippen molar-refractivity contribution >= 4 is 39.6 Å². The first kappa shape index (κ1) is 22.4. The normalized spacial score (nSPS) is 12.0. The number of carboxylic acid groups (broad SMARTS) is 1. The number of carbonyl (C=O) groups excluding carboxylic acids is 2. The molecule has 2 rings (SSSR count). The Morgan fingerprint density at radius 2 is 1.76 bits per heavy atom. The van der Waals surface area contributed by atoms with Gasteiger partial charge in [-0.25, -0.2) is 9.59 Å². The fraction of sp³-hybridized carbons (Fsp3) is 0.286. The van der Waals surface area contributed by atoms with Crippen LogP contribution < -0.4 is 10.6 Å². The highest BCUT2D eigenvalue weighted by Crippen LogP contribution is 2.16. The highest BCUT2D eigenvalue weighted by atomic mass is 79.9. The predicted molar refractivity (Wildman–Crippen MR) is 113 cm³/mol. The summed E-state index contributed by atoms with van der Waals surface area (Å²) in [6, 6.07) is 12.3. The number of nitrogens with one attached hydrogen (secondary N) is 2. The first-order valence-electron chi connectivity index (χ1n) is 8.92. The van der Waals surface area contributed by atoms with Gasteiger partial charge in [0.05, 0.1) is 5.56 Å². The Bertz CT molecular complexity index is 891. The number of halogens is 1. The number of carboxylic acids is 1. The summed E-state index contributed by atoms with van der Waals surface area (Å²) < 4.78 is 6.12. The number of carbonyl (C=O) groups is 3. The first-order chi connectivity index (χ1) is 13.5. The molecule has 0 aromatic heterocycles. The maximum atomic E-state index is 12.8. The van der Waals surface area contributed by atoms with E-state index < -0.39 is 29.6 Å². The summed E-state index contributed by atoms with van der Waals surface area (Å²) in [5.74, 6) is -1.50. The minimum Gasteiger partial charge on any atom is -0.478 e. The van der Waals surface area contributed by atoms with E-state index in [0.717, 1.165) is 10.0 Å². The van der Waals surface area contributed by atoms with Gasteiger partial charge in [-0.2, -0.15) is 0 Å².